The second-order valence-electron chi connectivity index (χ2n) is 11.2. The lowest BCUT2D eigenvalue weighted by Crippen LogP contribution is -2.00. The van der Waals surface area contributed by atoms with Crippen LogP contribution in [0, 0.1) is 0 Å². The number of aromatic nitrogens is 3. The average molecular weight is 576 g/mol. The maximum Gasteiger partial charge on any atom is 0.164 e. The number of benzene rings is 7. The van der Waals surface area contributed by atoms with Gasteiger partial charge in [-0.15, -0.1) is 0 Å². The summed E-state index contributed by atoms with van der Waals surface area (Å²) in [5, 5.41) is 6.79. The molecule has 4 heteroatoms. The van der Waals surface area contributed by atoms with Gasteiger partial charge in [-0.2, -0.15) is 0 Å². The third-order valence-corrected chi connectivity index (χ3v) is 8.52. The van der Waals surface area contributed by atoms with Gasteiger partial charge >= 0.3 is 0 Å². The maximum absolute atomic E-state index is 6.55. The number of hydrogen-bond donors (Lipinski definition) is 0. The maximum atomic E-state index is 6.55. The van der Waals surface area contributed by atoms with E-state index >= 15 is 0 Å². The van der Waals surface area contributed by atoms with Crippen LogP contribution in [0.3, 0.4) is 0 Å². The molecule has 210 valence electrons. The molecule has 0 aliphatic rings. The molecule has 2 aromatic heterocycles. The Morgan fingerprint density at radius 2 is 0.800 bits per heavy atom. The topological polar surface area (TPSA) is 51.8 Å². The summed E-state index contributed by atoms with van der Waals surface area (Å²) in [4.78, 5) is 15.0. The number of nitrogens with zero attached hydrogens (tertiary/aromatic N) is 3. The Labute approximate surface area is 259 Å². The van der Waals surface area contributed by atoms with E-state index in [-0.39, 0.29) is 0 Å². The van der Waals surface area contributed by atoms with Crippen LogP contribution < -0.4 is 0 Å². The second kappa shape index (κ2) is 10.2. The molecule has 0 amide bonds. The van der Waals surface area contributed by atoms with Gasteiger partial charge in [0.15, 0.2) is 17.5 Å². The molecule has 4 nitrogen and oxygen atoms in total. The van der Waals surface area contributed by atoms with Crippen LogP contribution in [-0.4, -0.2) is 15.0 Å². The first-order chi connectivity index (χ1) is 22.3. The van der Waals surface area contributed by atoms with Crippen LogP contribution in [0.15, 0.2) is 156 Å². The van der Waals surface area contributed by atoms with E-state index in [2.05, 4.69) is 103 Å². The molecule has 0 atom stereocenters. The summed E-state index contributed by atoms with van der Waals surface area (Å²) < 4.78 is 6.55. The van der Waals surface area contributed by atoms with E-state index in [0.29, 0.717) is 17.5 Å². The SMILES string of the molecule is c1ccc(-c2ccc(-c3nc(-c4ccccc4)nc(-c4ccc5c6ccccc6c6c7ccccc7oc6c5c4)n3)cc2)cc1. The number of fused-ring (bicyclic) bond motifs is 8. The summed E-state index contributed by atoms with van der Waals surface area (Å²) in [7, 11) is 0. The van der Waals surface area contributed by atoms with Crippen molar-refractivity contribution in [1.82, 2.24) is 15.0 Å². The monoisotopic (exact) mass is 575 g/mol. The zero-order chi connectivity index (χ0) is 29.7. The predicted molar refractivity (Wildman–Crippen MR) is 184 cm³/mol. The lowest BCUT2D eigenvalue weighted by Gasteiger charge is -2.11. The molecule has 0 unspecified atom stereocenters. The molecular formula is C41H25N3O. The van der Waals surface area contributed by atoms with E-state index in [1.165, 1.54) is 16.3 Å². The van der Waals surface area contributed by atoms with E-state index in [0.717, 1.165) is 55.0 Å². The fraction of sp³-hybridized carbons (Fsp3) is 0. The van der Waals surface area contributed by atoms with Crippen LogP contribution in [0.5, 0.6) is 0 Å². The third-order valence-electron chi connectivity index (χ3n) is 8.52. The Balaban J connectivity index is 1.26. The Kier molecular flexibility index (Phi) is 5.78. The largest absolute Gasteiger partial charge is 0.455 e. The Morgan fingerprint density at radius 3 is 1.51 bits per heavy atom. The number of rotatable bonds is 4. The first-order valence-corrected chi connectivity index (χ1v) is 15.0. The molecule has 9 rings (SSSR count). The molecule has 0 N–H and O–H groups in total. The van der Waals surface area contributed by atoms with E-state index in [4.69, 9.17) is 19.4 Å². The Bertz CT molecular complexity index is 2520. The first-order valence-electron chi connectivity index (χ1n) is 15.0. The molecule has 7 aromatic carbocycles. The summed E-state index contributed by atoms with van der Waals surface area (Å²) in [6.07, 6.45) is 0. The van der Waals surface area contributed by atoms with Gasteiger partial charge in [-0.1, -0.05) is 140 Å². The van der Waals surface area contributed by atoms with Crippen molar-refractivity contribution in [2.24, 2.45) is 0 Å². The molecule has 2 heterocycles. The molecule has 0 saturated heterocycles. The van der Waals surface area contributed by atoms with Crippen molar-refractivity contribution in [3.63, 3.8) is 0 Å². The van der Waals surface area contributed by atoms with Crippen molar-refractivity contribution >= 4 is 43.5 Å². The van der Waals surface area contributed by atoms with Gasteiger partial charge in [0.2, 0.25) is 0 Å². The van der Waals surface area contributed by atoms with Gasteiger partial charge in [0.25, 0.3) is 0 Å². The van der Waals surface area contributed by atoms with Crippen molar-refractivity contribution in [2.45, 2.75) is 0 Å². The molecule has 0 saturated carbocycles. The van der Waals surface area contributed by atoms with Gasteiger partial charge in [0.05, 0.1) is 0 Å². The highest BCUT2D eigenvalue weighted by Gasteiger charge is 2.18. The van der Waals surface area contributed by atoms with E-state index in [9.17, 15) is 0 Å². The van der Waals surface area contributed by atoms with Crippen LogP contribution in [0.1, 0.15) is 0 Å². The molecular weight excluding hydrogens is 550 g/mol. The highest BCUT2D eigenvalue weighted by Crippen LogP contribution is 2.41. The zero-order valence-electron chi connectivity index (χ0n) is 24.2. The molecule has 9 aromatic rings. The van der Waals surface area contributed by atoms with Gasteiger partial charge in [-0.3, -0.25) is 0 Å². The number of para-hydroxylation sites is 1. The molecule has 0 radical (unpaired) electrons. The standard InChI is InChI=1S/C41H25N3O/c1-3-11-26(12-4-1)27-19-21-29(22-20-27)40-42-39(28-13-5-2-6-14-28)43-41(44-40)30-23-24-32-31-15-7-8-16-33(31)37-34-17-9-10-18-36(34)45-38(37)35(32)25-30/h1-25H. The normalized spacial score (nSPS) is 11.6. The lowest BCUT2D eigenvalue weighted by atomic mass is 9.95. The van der Waals surface area contributed by atoms with Crippen LogP contribution in [-0.2, 0) is 0 Å². The summed E-state index contributed by atoms with van der Waals surface area (Å²) in [5.74, 6) is 1.88. The first kappa shape index (κ1) is 25.4. The highest BCUT2D eigenvalue weighted by molar-refractivity contribution is 6.30. The lowest BCUT2D eigenvalue weighted by molar-refractivity contribution is 0.673. The third kappa shape index (κ3) is 4.27. The van der Waals surface area contributed by atoms with Gasteiger partial charge in [0.1, 0.15) is 11.2 Å². The highest BCUT2D eigenvalue weighted by atomic mass is 16.3. The van der Waals surface area contributed by atoms with Gasteiger partial charge < -0.3 is 4.42 Å². The minimum Gasteiger partial charge on any atom is -0.455 e. The predicted octanol–water partition coefficient (Wildman–Crippen LogP) is 10.7. The van der Waals surface area contributed by atoms with Crippen molar-refractivity contribution in [1.29, 1.82) is 0 Å². The quantitative estimate of drug-likeness (QED) is 0.196. The smallest absolute Gasteiger partial charge is 0.164 e. The van der Waals surface area contributed by atoms with Gasteiger partial charge in [-0.05, 0) is 39.4 Å². The summed E-state index contributed by atoms with van der Waals surface area (Å²) >= 11 is 0. The number of furan rings is 1. The van der Waals surface area contributed by atoms with Crippen LogP contribution in [0.25, 0.3) is 88.8 Å². The van der Waals surface area contributed by atoms with E-state index < -0.39 is 0 Å². The van der Waals surface area contributed by atoms with E-state index in [1.54, 1.807) is 0 Å². The molecule has 0 fully saturated rings. The van der Waals surface area contributed by atoms with Crippen molar-refractivity contribution in [2.75, 3.05) is 0 Å². The van der Waals surface area contributed by atoms with Crippen LogP contribution >= 0.6 is 0 Å². The fourth-order valence-corrected chi connectivity index (χ4v) is 6.34. The average Bonchev–Trinajstić information content (AvgIpc) is 3.52. The molecule has 0 aliphatic carbocycles. The van der Waals surface area contributed by atoms with Crippen molar-refractivity contribution in [3.05, 3.63) is 152 Å². The van der Waals surface area contributed by atoms with Gasteiger partial charge in [-0.25, -0.2) is 15.0 Å². The molecule has 0 bridgehead atoms. The fourth-order valence-electron chi connectivity index (χ4n) is 6.34. The molecule has 45 heavy (non-hydrogen) atoms. The molecule has 0 spiro atoms. The van der Waals surface area contributed by atoms with Gasteiger partial charge in [0, 0.05) is 32.8 Å². The summed E-state index contributed by atoms with van der Waals surface area (Å²) in [6, 6.07) is 52.1. The Hall–Kier alpha value is -6.13. The van der Waals surface area contributed by atoms with Crippen LogP contribution in [0.4, 0.5) is 0 Å². The minimum absolute atomic E-state index is 0.616. The zero-order valence-corrected chi connectivity index (χ0v) is 24.2. The van der Waals surface area contributed by atoms with Crippen molar-refractivity contribution < 1.29 is 4.42 Å². The summed E-state index contributed by atoms with van der Waals surface area (Å²) in [5.41, 5.74) is 6.85. The Morgan fingerprint density at radius 1 is 0.333 bits per heavy atom. The summed E-state index contributed by atoms with van der Waals surface area (Å²) in [6.45, 7) is 0. The van der Waals surface area contributed by atoms with Crippen LogP contribution in [0.2, 0.25) is 0 Å². The number of hydrogen-bond acceptors (Lipinski definition) is 4. The van der Waals surface area contributed by atoms with E-state index in [1.807, 2.05) is 48.5 Å². The molecule has 0 aliphatic heterocycles. The minimum atomic E-state index is 0.616. The van der Waals surface area contributed by atoms with Crippen molar-refractivity contribution in [3.8, 4) is 45.3 Å². The second-order valence-corrected chi connectivity index (χ2v) is 11.2.